The molecule has 0 saturated heterocycles. The summed E-state index contributed by atoms with van der Waals surface area (Å²) >= 11 is 6.13. The number of halogens is 1. The average molecular weight is 285 g/mol. The van der Waals surface area contributed by atoms with Crippen LogP contribution in [0.3, 0.4) is 0 Å². The maximum atomic E-state index is 6.13. The van der Waals surface area contributed by atoms with Crippen LogP contribution >= 0.6 is 11.6 Å². The molecule has 2 aromatic carbocycles. The van der Waals surface area contributed by atoms with Crippen LogP contribution in [0.25, 0.3) is 11.4 Å². The van der Waals surface area contributed by atoms with E-state index < -0.39 is 0 Å². The van der Waals surface area contributed by atoms with Crippen molar-refractivity contribution >= 4 is 11.6 Å². The minimum Gasteiger partial charge on any atom is -0.159 e. The molecule has 4 nitrogen and oxygen atoms in total. The lowest BCUT2D eigenvalue weighted by Gasteiger charge is -2.01. The fourth-order valence-corrected chi connectivity index (χ4v) is 2.25. The van der Waals surface area contributed by atoms with Gasteiger partial charge in [0.2, 0.25) is 5.82 Å². The van der Waals surface area contributed by atoms with Crippen molar-refractivity contribution in [3.63, 3.8) is 0 Å². The van der Waals surface area contributed by atoms with Gasteiger partial charge in [-0.05, 0) is 29.8 Å². The van der Waals surface area contributed by atoms with Crippen LogP contribution in [0.15, 0.2) is 48.5 Å². The predicted octanol–water partition coefficient (Wildman–Crippen LogP) is 3.35. The molecule has 3 rings (SSSR count). The fraction of sp³-hybridized carbons (Fsp3) is 0.133. The topological polar surface area (TPSA) is 43.6 Å². The molecule has 1 aromatic heterocycles. The molecule has 20 heavy (non-hydrogen) atoms. The summed E-state index contributed by atoms with van der Waals surface area (Å²) in [5.74, 6) is 0.545. The van der Waals surface area contributed by atoms with Gasteiger partial charge < -0.3 is 0 Å². The SMILES string of the molecule is Cc1cccc(Cn2nnc(-c3ccccc3Cl)n2)c1. The number of tetrazole rings is 1. The zero-order valence-electron chi connectivity index (χ0n) is 11.0. The van der Waals surface area contributed by atoms with Crippen molar-refractivity contribution < 1.29 is 0 Å². The van der Waals surface area contributed by atoms with Crippen LogP contribution in [0.4, 0.5) is 0 Å². The third-order valence-electron chi connectivity index (χ3n) is 2.97. The van der Waals surface area contributed by atoms with Crippen LogP contribution < -0.4 is 0 Å². The van der Waals surface area contributed by atoms with Crippen molar-refractivity contribution in [2.24, 2.45) is 0 Å². The van der Waals surface area contributed by atoms with Crippen molar-refractivity contribution in [1.29, 1.82) is 0 Å². The average Bonchev–Trinajstić information content (AvgIpc) is 2.87. The number of benzene rings is 2. The Morgan fingerprint density at radius 2 is 1.95 bits per heavy atom. The highest BCUT2D eigenvalue weighted by Crippen LogP contribution is 2.23. The summed E-state index contributed by atoms with van der Waals surface area (Å²) in [5, 5.41) is 13.1. The number of aryl methyl sites for hydroxylation is 1. The summed E-state index contributed by atoms with van der Waals surface area (Å²) in [6.07, 6.45) is 0. The number of nitrogens with zero attached hydrogens (tertiary/aromatic N) is 4. The first-order valence-electron chi connectivity index (χ1n) is 6.30. The molecule has 0 aliphatic carbocycles. The van der Waals surface area contributed by atoms with Gasteiger partial charge in [-0.2, -0.15) is 4.80 Å². The number of hydrogen-bond acceptors (Lipinski definition) is 3. The highest BCUT2D eigenvalue weighted by atomic mass is 35.5. The van der Waals surface area contributed by atoms with E-state index in [1.165, 1.54) is 5.56 Å². The van der Waals surface area contributed by atoms with Crippen LogP contribution in [0, 0.1) is 6.92 Å². The first kappa shape index (κ1) is 12.8. The molecular formula is C15H13ClN4. The van der Waals surface area contributed by atoms with Crippen LogP contribution in [0.5, 0.6) is 0 Å². The van der Waals surface area contributed by atoms with E-state index in [2.05, 4.69) is 34.5 Å². The maximum Gasteiger partial charge on any atom is 0.206 e. The Kier molecular flexibility index (Phi) is 3.48. The molecule has 5 heteroatoms. The Balaban J connectivity index is 1.86. The maximum absolute atomic E-state index is 6.13. The van der Waals surface area contributed by atoms with Gasteiger partial charge in [0.05, 0.1) is 11.6 Å². The largest absolute Gasteiger partial charge is 0.206 e. The van der Waals surface area contributed by atoms with E-state index in [1.807, 2.05) is 36.4 Å². The van der Waals surface area contributed by atoms with Gasteiger partial charge in [0.15, 0.2) is 0 Å². The molecule has 0 saturated carbocycles. The van der Waals surface area contributed by atoms with Gasteiger partial charge in [-0.25, -0.2) is 0 Å². The van der Waals surface area contributed by atoms with Crippen molar-refractivity contribution in [2.45, 2.75) is 13.5 Å². The Bertz CT molecular complexity index is 736. The molecule has 0 amide bonds. The van der Waals surface area contributed by atoms with Gasteiger partial charge in [-0.3, -0.25) is 0 Å². The lowest BCUT2D eigenvalue weighted by atomic mass is 10.1. The zero-order chi connectivity index (χ0) is 13.9. The fourth-order valence-electron chi connectivity index (χ4n) is 2.03. The first-order chi connectivity index (χ1) is 9.72. The van der Waals surface area contributed by atoms with E-state index in [4.69, 9.17) is 11.6 Å². The van der Waals surface area contributed by atoms with E-state index in [-0.39, 0.29) is 0 Å². The van der Waals surface area contributed by atoms with E-state index in [9.17, 15) is 0 Å². The second kappa shape index (κ2) is 5.43. The quantitative estimate of drug-likeness (QED) is 0.741. The van der Waals surface area contributed by atoms with Gasteiger partial charge in [-0.15, -0.1) is 10.2 Å². The summed E-state index contributed by atoms with van der Waals surface area (Å²) in [6.45, 7) is 2.66. The molecule has 0 atom stereocenters. The highest BCUT2D eigenvalue weighted by molar-refractivity contribution is 6.33. The first-order valence-corrected chi connectivity index (χ1v) is 6.68. The van der Waals surface area contributed by atoms with Crippen molar-refractivity contribution in [3.05, 3.63) is 64.7 Å². The lowest BCUT2D eigenvalue weighted by molar-refractivity contribution is 0.572. The van der Waals surface area contributed by atoms with Crippen LogP contribution in [0.1, 0.15) is 11.1 Å². The van der Waals surface area contributed by atoms with Crippen molar-refractivity contribution in [2.75, 3.05) is 0 Å². The molecule has 0 aliphatic rings. The highest BCUT2D eigenvalue weighted by Gasteiger charge is 2.09. The Hall–Kier alpha value is -2.20. The summed E-state index contributed by atoms with van der Waals surface area (Å²) in [4.78, 5) is 1.58. The molecule has 0 N–H and O–H groups in total. The minimum absolute atomic E-state index is 0.545. The molecule has 0 bridgehead atoms. The normalized spacial score (nSPS) is 10.7. The monoisotopic (exact) mass is 284 g/mol. The van der Waals surface area contributed by atoms with Crippen LogP contribution in [-0.4, -0.2) is 20.2 Å². The third-order valence-corrected chi connectivity index (χ3v) is 3.30. The number of hydrogen-bond donors (Lipinski definition) is 0. The van der Waals surface area contributed by atoms with Gasteiger partial charge in [0, 0.05) is 5.56 Å². The molecule has 0 radical (unpaired) electrons. The third kappa shape index (κ3) is 2.70. The smallest absolute Gasteiger partial charge is 0.159 e. The van der Waals surface area contributed by atoms with E-state index in [0.29, 0.717) is 17.4 Å². The molecule has 1 heterocycles. The molecule has 0 spiro atoms. The molecule has 3 aromatic rings. The lowest BCUT2D eigenvalue weighted by Crippen LogP contribution is -2.04. The Labute approximate surface area is 122 Å². The molecule has 100 valence electrons. The minimum atomic E-state index is 0.545. The van der Waals surface area contributed by atoms with Crippen LogP contribution in [0.2, 0.25) is 5.02 Å². The predicted molar refractivity (Wildman–Crippen MR) is 78.5 cm³/mol. The van der Waals surface area contributed by atoms with E-state index in [0.717, 1.165) is 11.1 Å². The molecule has 0 fully saturated rings. The summed E-state index contributed by atoms with van der Waals surface area (Å²) in [7, 11) is 0. The second-order valence-electron chi connectivity index (χ2n) is 4.61. The second-order valence-corrected chi connectivity index (χ2v) is 5.02. The summed E-state index contributed by atoms with van der Waals surface area (Å²) < 4.78 is 0. The van der Waals surface area contributed by atoms with Gasteiger partial charge in [0.1, 0.15) is 0 Å². The number of rotatable bonds is 3. The van der Waals surface area contributed by atoms with Gasteiger partial charge in [0.25, 0.3) is 0 Å². The van der Waals surface area contributed by atoms with E-state index in [1.54, 1.807) is 4.80 Å². The van der Waals surface area contributed by atoms with Gasteiger partial charge in [-0.1, -0.05) is 53.6 Å². The van der Waals surface area contributed by atoms with Crippen molar-refractivity contribution in [3.8, 4) is 11.4 Å². The molecular weight excluding hydrogens is 272 g/mol. The summed E-state index contributed by atoms with van der Waals surface area (Å²) in [6, 6.07) is 15.7. The Morgan fingerprint density at radius 1 is 1.10 bits per heavy atom. The number of aromatic nitrogens is 4. The van der Waals surface area contributed by atoms with Gasteiger partial charge >= 0.3 is 0 Å². The standard InChI is InChI=1S/C15H13ClN4/c1-11-5-4-6-12(9-11)10-20-18-15(17-19-20)13-7-2-3-8-14(13)16/h2-9H,10H2,1H3. The zero-order valence-corrected chi connectivity index (χ0v) is 11.7. The van der Waals surface area contributed by atoms with Crippen molar-refractivity contribution in [1.82, 2.24) is 20.2 Å². The van der Waals surface area contributed by atoms with E-state index >= 15 is 0 Å². The Morgan fingerprint density at radius 3 is 2.75 bits per heavy atom. The van der Waals surface area contributed by atoms with Crippen LogP contribution in [-0.2, 0) is 6.54 Å². The molecule has 0 aliphatic heterocycles. The molecule has 0 unspecified atom stereocenters. The summed E-state index contributed by atoms with van der Waals surface area (Å²) in [5.41, 5.74) is 3.16.